The second-order valence-electron chi connectivity index (χ2n) is 7.26. The van der Waals surface area contributed by atoms with Crippen molar-refractivity contribution in [2.75, 3.05) is 13.2 Å². The maximum atomic E-state index is 13.0. The van der Waals surface area contributed by atoms with Gasteiger partial charge in [0.05, 0.1) is 17.7 Å². The molecule has 1 fully saturated rings. The van der Waals surface area contributed by atoms with Gasteiger partial charge in [-0.05, 0) is 54.3 Å². The van der Waals surface area contributed by atoms with Crippen LogP contribution in [-0.2, 0) is 6.18 Å². The first-order chi connectivity index (χ1) is 12.2. The fourth-order valence-corrected chi connectivity index (χ4v) is 2.81. The molecule has 1 aliphatic carbocycles. The predicted molar refractivity (Wildman–Crippen MR) is 91.5 cm³/mol. The summed E-state index contributed by atoms with van der Waals surface area (Å²) in [5, 5.41) is 5.56. The van der Waals surface area contributed by atoms with Gasteiger partial charge >= 0.3 is 6.18 Å². The molecule has 0 aromatic heterocycles. The minimum Gasteiger partial charge on any atom is -0.492 e. The van der Waals surface area contributed by atoms with Crippen molar-refractivity contribution < 1.29 is 22.7 Å². The quantitative estimate of drug-likeness (QED) is 0.832. The molecule has 3 rings (SSSR count). The van der Waals surface area contributed by atoms with Crippen LogP contribution < -0.4 is 15.4 Å². The highest BCUT2D eigenvalue weighted by Gasteiger charge is 2.46. The van der Waals surface area contributed by atoms with Crippen LogP contribution in [0.1, 0.15) is 36.2 Å². The summed E-state index contributed by atoms with van der Waals surface area (Å²) in [5.41, 5.74) is -0.290. The second-order valence-corrected chi connectivity index (χ2v) is 7.26. The van der Waals surface area contributed by atoms with Crippen LogP contribution in [0.25, 0.3) is 0 Å². The van der Waals surface area contributed by atoms with E-state index in [1.54, 1.807) is 18.4 Å². The van der Waals surface area contributed by atoms with Gasteiger partial charge in [-0.3, -0.25) is 4.79 Å². The van der Waals surface area contributed by atoms with Crippen molar-refractivity contribution in [2.45, 2.75) is 26.4 Å². The number of hydrogen-bond donors (Lipinski definition) is 2. The van der Waals surface area contributed by atoms with E-state index in [0.717, 1.165) is 18.6 Å². The molecule has 0 bridgehead atoms. The number of hydrogen-bond acceptors (Lipinski definition) is 3. The van der Waals surface area contributed by atoms with Gasteiger partial charge in [-0.25, -0.2) is 0 Å². The number of ether oxygens (including phenoxy) is 1. The van der Waals surface area contributed by atoms with Crippen LogP contribution in [0, 0.1) is 11.3 Å². The number of benzene rings is 1. The summed E-state index contributed by atoms with van der Waals surface area (Å²) in [4.78, 5) is 12.5. The monoisotopic (exact) mass is 366 g/mol. The van der Waals surface area contributed by atoms with Gasteiger partial charge in [0, 0.05) is 12.2 Å². The van der Waals surface area contributed by atoms with Crippen LogP contribution in [0.4, 0.5) is 13.2 Å². The Balaban J connectivity index is 1.82. The molecule has 1 aliphatic heterocycles. The molecule has 0 spiro atoms. The third kappa shape index (κ3) is 4.20. The van der Waals surface area contributed by atoms with Crippen molar-refractivity contribution in [2.24, 2.45) is 11.3 Å². The smallest absolute Gasteiger partial charge is 0.416 e. The Morgan fingerprint density at radius 1 is 1.38 bits per heavy atom. The molecule has 26 heavy (non-hydrogen) atoms. The van der Waals surface area contributed by atoms with E-state index in [0.29, 0.717) is 24.8 Å². The lowest BCUT2D eigenvalue weighted by molar-refractivity contribution is -0.137. The third-order valence-electron chi connectivity index (χ3n) is 4.79. The van der Waals surface area contributed by atoms with E-state index in [1.807, 2.05) is 0 Å². The van der Waals surface area contributed by atoms with Crippen molar-refractivity contribution in [3.63, 3.8) is 0 Å². The normalized spacial score (nSPS) is 20.8. The molecule has 7 heteroatoms. The van der Waals surface area contributed by atoms with Gasteiger partial charge in [-0.15, -0.1) is 0 Å². The summed E-state index contributed by atoms with van der Waals surface area (Å²) in [5.74, 6) is -0.119. The van der Waals surface area contributed by atoms with Gasteiger partial charge in [-0.1, -0.05) is 13.8 Å². The number of carbonyl (C=O) groups is 1. The molecule has 4 nitrogen and oxygen atoms in total. The molecule has 1 aromatic rings. The molecule has 1 atom stereocenters. The van der Waals surface area contributed by atoms with Crippen LogP contribution >= 0.6 is 0 Å². The van der Waals surface area contributed by atoms with E-state index in [1.165, 1.54) is 6.07 Å². The lowest BCUT2D eigenvalue weighted by atomic mass is 10.1. The summed E-state index contributed by atoms with van der Waals surface area (Å²) in [6.07, 6.45) is 1.51. The Morgan fingerprint density at radius 2 is 2.12 bits per heavy atom. The lowest BCUT2D eigenvalue weighted by Gasteiger charge is -2.16. The zero-order valence-corrected chi connectivity index (χ0v) is 14.6. The van der Waals surface area contributed by atoms with Gasteiger partial charge < -0.3 is 15.4 Å². The van der Waals surface area contributed by atoms with Gasteiger partial charge in [0.15, 0.2) is 0 Å². The van der Waals surface area contributed by atoms with Crippen LogP contribution in [-0.4, -0.2) is 19.1 Å². The van der Waals surface area contributed by atoms with Gasteiger partial charge in [0.2, 0.25) is 0 Å². The summed E-state index contributed by atoms with van der Waals surface area (Å²) in [6.45, 7) is 5.13. The van der Waals surface area contributed by atoms with Crippen molar-refractivity contribution in [3.8, 4) is 5.75 Å². The Kier molecular flexibility index (Phi) is 4.73. The Hall–Kier alpha value is -2.44. The van der Waals surface area contributed by atoms with E-state index >= 15 is 0 Å². The van der Waals surface area contributed by atoms with E-state index in [9.17, 15) is 18.0 Å². The first-order valence-electron chi connectivity index (χ1n) is 8.42. The molecular formula is C19H21F3N2O2. The topological polar surface area (TPSA) is 50.4 Å². The SMILES string of the molecule is CC1(C)CC1COc1ccc(C(F)(F)F)cc1C(=O)NC1=CCNC=C1. The molecule has 1 aromatic carbocycles. The molecule has 0 saturated heterocycles. The first kappa shape index (κ1) is 18.4. The molecule has 1 heterocycles. The summed E-state index contributed by atoms with van der Waals surface area (Å²) in [6, 6.07) is 3.00. The molecule has 2 N–H and O–H groups in total. The second kappa shape index (κ2) is 6.70. The number of nitrogens with one attached hydrogen (secondary N) is 2. The highest BCUT2D eigenvalue weighted by atomic mass is 19.4. The van der Waals surface area contributed by atoms with Crippen molar-refractivity contribution >= 4 is 5.91 Å². The van der Waals surface area contributed by atoms with E-state index in [-0.39, 0.29) is 16.7 Å². The number of halogens is 3. The average Bonchev–Trinajstić information content (AvgIpc) is 3.19. The van der Waals surface area contributed by atoms with Crippen LogP contribution in [0.5, 0.6) is 5.75 Å². The maximum absolute atomic E-state index is 13.0. The number of alkyl halides is 3. The predicted octanol–water partition coefficient (Wildman–Crippen LogP) is 3.86. The summed E-state index contributed by atoms with van der Waals surface area (Å²) < 4.78 is 44.8. The fraction of sp³-hybridized carbons (Fsp3) is 0.421. The van der Waals surface area contributed by atoms with Gasteiger partial charge in [0.25, 0.3) is 5.91 Å². The van der Waals surface area contributed by atoms with Crippen molar-refractivity contribution in [1.29, 1.82) is 0 Å². The lowest BCUT2D eigenvalue weighted by Crippen LogP contribution is -2.26. The van der Waals surface area contributed by atoms with E-state index in [2.05, 4.69) is 24.5 Å². The fourth-order valence-electron chi connectivity index (χ4n) is 2.81. The number of dihydropyridines is 1. The largest absolute Gasteiger partial charge is 0.492 e. The number of carbonyl (C=O) groups excluding carboxylic acids is 1. The average molecular weight is 366 g/mol. The zero-order chi connectivity index (χ0) is 18.9. The highest BCUT2D eigenvalue weighted by Crippen LogP contribution is 2.51. The molecule has 140 valence electrons. The molecule has 1 amide bonds. The standard InChI is InChI=1S/C19H21F3N2O2/c1-18(2)10-13(18)11-26-16-4-3-12(19(20,21)22)9-15(16)17(25)24-14-5-7-23-8-6-14/h3-7,9,13,23H,8,10-11H2,1-2H3,(H,24,25). The zero-order valence-electron chi connectivity index (χ0n) is 14.6. The van der Waals surface area contributed by atoms with Gasteiger partial charge in [-0.2, -0.15) is 13.2 Å². The van der Waals surface area contributed by atoms with Gasteiger partial charge in [0.1, 0.15) is 5.75 Å². The number of amides is 1. The Morgan fingerprint density at radius 3 is 2.69 bits per heavy atom. The third-order valence-corrected chi connectivity index (χ3v) is 4.79. The summed E-state index contributed by atoms with van der Waals surface area (Å²) in [7, 11) is 0. The maximum Gasteiger partial charge on any atom is 0.416 e. The first-order valence-corrected chi connectivity index (χ1v) is 8.42. The van der Waals surface area contributed by atoms with Crippen molar-refractivity contribution in [3.05, 3.63) is 53.4 Å². The molecule has 1 saturated carbocycles. The number of rotatable bonds is 5. The Labute approximate surface area is 150 Å². The molecule has 0 radical (unpaired) electrons. The molecule has 2 aliphatic rings. The summed E-state index contributed by atoms with van der Waals surface area (Å²) >= 11 is 0. The van der Waals surface area contributed by atoms with Crippen molar-refractivity contribution in [1.82, 2.24) is 10.6 Å². The van der Waals surface area contributed by atoms with Crippen LogP contribution in [0.3, 0.4) is 0 Å². The molecule has 1 unspecified atom stereocenters. The molecular weight excluding hydrogens is 345 g/mol. The van der Waals surface area contributed by atoms with E-state index in [4.69, 9.17) is 4.74 Å². The minimum absolute atomic E-state index is 0.119. The highest BCUT2D eigenvalue weighted by molar-refractivity contribution is 5.98. The van der Waals surface area contributed by atoms with E-state index < -0.39 is 17.6 Å². The Bertz CT molecular complexity index is 767. The number of allylic oxidation sites excluding steroid dienone is 1. The van der Waals surface area contributed by atoms with Crippen LogP contribution in [0.15, 0.2) is 42.2 Å². The minimum atomic E-state index is -4.53. The van der Waals surface area contributed by atoms with Crippen LogP contribution in [0.2, 0.25) is 0 Å².